The fourth-order valence-electron chi connectivity index (χ4n) is 5.49. The Hall–Kier alpha value is -4.65. The number of piperidine rings is 1. The number of halogens is 3. The SMILES string of the molecule is C=C1CC(C(F)(F)F)C(C(=N)C2CCN(c3cnc(C#N)cn3)CC2)=C(NC(c2ccccc2)c2ccccc2)N1. The van der Waals surface area contributed by atoms with E-state index in [1.165, 1.54) is 12.4 Å². The lowest BCUT2D eigenvalue weighted by Gasteiger charge is -2.38. The molecule has 3 N–H and O–H groups in total. The quantitative estimate of drug-likeness (QED) is 0.315. The lowest BCUT2D eigenvalue weighted by atomic mass is 9.79. The van der Waals surface area contributed by atoms with Gasteiger partial charge < -0.3 is 20.9 Å². The van der Waals surface area contributed by atoms with Crippen LogP contribution in [0.4, 0.5) is 19.0 Å². The number of aromatic nitrogens is 2. The summed E-state index contributed by atoms with van der Waals surface area (Å²) in [5.74, 6) is -1.44. The van der Waals surface area contributed by atoms with Crippen LogP contribution in [0.2, 0.25) is 0 Å². The minimum atomic E-state index is -4.55. The summed E-state index contributed by atoms with van der Waals surface area (Å²) in [4.78, 5) is 10.3. The van der Waals surface area contributed by atoms with Gasteiger partial charge in [0.05, 0.1) is 24.4 Å². The number of alkyl halides is 3. The lowest BCUT2D eigenvalue weighted by Crippen LogP contribution is -2.45. The highest BCUT2D eigenvalue weighted by molar-refractivity contribution is 6.01. The van der Waals surface area contributed by atoms with E-state index in [-0.39, 0.29) is 40.8 Å². The molecular formula is C31H30F3N7. The number of nitrogens with one attached hydrogen (secondary N) is 3. The maximum atomic E-state index is 14.5. The number of allylic oxidation sites excluding steroid dienone is 2. The van der Waals surface area contributed by atoms with Crippen molar-refractivity contribution in [1.82, 2.24) is 20.6 Å². The van der Waals surface area contributed by atoms with Crippen LogP contribution < -0.4 is 15.5 Å². The zero-order valence-corrected chi connectivity index (χ0v) is 22.3. The van der Waals surface area contributed by atoms with Crippen LogP contribution in [0.3, 0.4) is 0 Å². The van der Waals surface area contributed by atoms with Crippen LogP contribution in [0.1, 0.15) is 42.1 Å². The molecule has 1 unspecified atom stereocenters. The topological polar surface area (TPSA) is 101 Å². The average Bonchev–Trinajstić information content (AvgIpc) is 3.00. The second-order valence-electron chi connectivity index (χ2n) is 10.3. The molecule has 210 valence electrons. The van der Waals surface area contributed by atoms with Crippen LogP contribution in [0.25, 0.3) is 0 Å². The van der Waals surface area contributed by atoms with Gasteiger partial charge in [-0.1, -0.05) is 67.2 Å². The van der Waals surface area contributed by atoms with Gasteiger partial charge in [0.25, 0.3) is 0 Å². The van der Waals surface area contributed by atoms with E-state index in [4.69, 9.17) is 10.7 Å². The van der Waals surface area contributed by atoms with Crippen molar-refractivity contribution >= 4 is 11.5 Å². The van der Waals surface area contributed by atoms with Gasteiger partial charge in [0.2, 0.25) is 0 Å². The second-order valence-corrected chi connectivity index (χ2v) is 10.3. The maximum absolute atomic E-state index is 14.5. The summed E-state index contributed by atoms with van der Waals surface area (Å²) in [6.45, 7) is 4.87. The summed E-state index contributed by atoms with van der Waals surface area (Å²) in [5.41, 5.74) is 2.16. The van der Waals surface area contributed by atoms with Crippen molar-refractivity contribution in [2.24, 2.45) is 11.8 Å². The number of hydrogen-bond acceptors (Lipinski definition) is 7. The maximum Gasteiger partial charge on any atom is 0.396 e. The summed E-state index contributed by atoms with van der Waals surface area (Å²) in [7, 11) is 0. The fraction of sp³-hybridized carbons (Fsp3) is 0.290. The predicted molar refractivity (Wildman–Crippen MR) is 151 cm³/mol. The van der Waals surface area contributed by atoms with Crippen LogP contribution in [0, 0.1) is 28.6 Å². The Kier molecular flexibility index (Phi) is 8.06. The molecule has 10 heteroatoms. The normalized spacial score (nSPS) is 18.2. The molecule has 2 aliphatic rings. The van der Waals surface area contributed by atoms with Gasteiger partial charge in [0.15, 0.2) is 5.69 Å². The number of benzene rings is 2. The van der Waals surface area contributed by atoms with Crippen molar-refractivity contribution in [3.8, 4) is 6.07 Å². The third-order valence-electron chi connectivity index (χ3n) is 7.59. The zero-order chi connectivity index (χ0) is 29.0. The highest BCUT2D eigenvalue weighted by atomic mass is 19.4. The summed E-state index contributed by atoms with van der Waals surface area (Å²) in [5, 5.41) is 24.5. The number of hydrogen-bond donors (Lipinski definition) is 3. The monoisotopic (exact) mass is 557 g/mol. The molecule has 0 saturated carbocycles. The molecule has 0 bridgehead atoms. The van der Waals surface area contributed by atoms with Crippen LogP contribution in [-0.4, -0.2) is 34.9 Å². The molecule has 7 nitrogen and oxygen atoms in total. The molecule has 3 heterocycles. The molecule has 0 aliphatic carbocycles. The molecule has 3 aromatic rings. The first-order valence-electron chi connectivity index (χ1n) is 13.4. The molecule has 2 aliphatic heterocycles. The van der Waals surface area contributed by atoms with E-state index >= 15 is 0 Å². The van der Waals surface area contributed by atoms with Crippen LogP contribution in [-0.2, 0) is 0 Å². The highest BCUT2D eigenvalue weighted by Crippen LogP contribution is 2.42. The summed E-state index contributed by atoms with van der Waals surface area (Å²) < 4.78 is 43.6. The molecule has 0 spiro atoms. The molecule has 2 aromatic carbocycles. The Morgan fingerprint density at radius 3 is 2.15 bits per heavy atom. The second kappa shape index (κ2) is 11.8. The van der Waals surface area contributed by atoms with E-state index in [1.54, 1.807) is 0 Å². The van der Waals surface area contributed by atoms with E-state index in [1.807, 2.05) is 71.6 Å². The lowest BCUT2D eigenvalue weighted by molar-refractivity contribution is -0.163. The minimum absolute atomic E-state index is 0.0136. The molecular weight excluding hydrogens is 527 g/mol. The molecule has 41 heavy (non-hydrogen) atoms. The Balaban J connectivity index is 1.47. The smallest absolute Gasteiger partial charge is 0.360 e. The Bertz CT molecular complexity index is 1410. The molecule has 0 radical (unpaired) electrons. The third-order valence-corrected chi connectivity index (χ3v) is 7.59. The van der Waals surface area contributed by atoms with Gasteiger partial charge in [-0.3, -0.25) is 0 Å². The number of nitrogens with zero attached hydrogens (tertiary/aromatic N) is 4. The van der Waals surface area contributed by atoms with E-state index in [2.05, 4.69) is 27.2 Å². The summed E-state index contributed by atoms with van der Waals surface area (Å²) >= 11 is 0. The first kappa shape index (κ1) is 27.9. The molecule has 5 rings (SSSR count). The largest absolute Gasteiger partial charge is 0.396 e. The van der Waals surface area contributed by atoms with Gasteiger partial charge >= 0.3 is 6.18 Å². The van der Waals surface area contributed by atoms with Crippen LogP contribution in [0.15, 0.2) is 96.7 Å². The van der Waals surface area contributed by atoms with Crippen molar-refractivity contribution in [2.75, 3.05) is 18.0 Å². The van der Waals surface area contributed by atoms with Crippen molar-refractivity contribution in [2.45, 2.75) is 31.5 Å². The molecule has 1 saturated heterocycles. The highest BCUT2D eigenvalue weighted by Gasteiger charge is 2.48. The molecule has 0 amide bonds. The van der Waals surface area contributed by atoms with Gasteiger partial charge in [-0.05, 0) is 24.0 Å². The number of rotatable bonds is 7. The average molecular weight is 558 g/mol. The van der Waals surface area contributed by atoms with Crippen molar-refractivity contribution in [3.63, 3.8) is 0 Å². The van der Waals surface area contributed by atoms with E-state index < -0.39 is 18.1 Å². The van der Waals surface area contributed by atoms with E-state index in [0.717, 1.165) is 11.1 Å². The fourth-order valence-corrected chi connectivity index (χ4v) is 5.49. The standard InChI is InChI=1S/C31H30F3N7/c1-20-16-25(31(32,33)34)27(28(36)21-12-14-41(15-13-21)26-19-37-24(17-35)18-38-26)30(39-20)40-29(22-8-4-2-5-9-22)23-10-6-3-7-11-23/h2-11,18-19,21,25,29,36,39-40H,1,12-16H2. The number of anilines is 1. The Labute approximate surface area is 237 Å². The first-order chi connectivity index (χ1) is 19.7. The Morgan fingerprint density at radius 1 is 1.02 bits per heavy atom. The number of nitriles is 1. The Morgan fingerprint density at radius 2 is 1.63 bits per heavy atom. The van der Waals surface area contributed by atoms with Gasteiger partial charge in [-0.2, -0.15) is 18.4 Å². The van der Waals surface area contributed by atoms with Gasteiger partial charge in [0, 0.05) is 42.4 Å². The van der Waals surface area contributed by atoms with Crippen molar-refractivity contribution in [3.05, 3.63) is 114 Å². The van der Waals surface area contributed by atoms with Crippen molar-refractivity contribution < 1.29 is 13.2 Å². The van der Waals surface area contributed by atoms with Gasteiger partial charge in [-0.25, -0.2) is 9.97 Å². The van der Waals surface area contributed by atoms with E-state index in [0.29, 0.717) is 31.7 Å². The molecule has 1 fully saturated rings. The van der Waals surface area contributed by atoms with Gasteiger partial charge in [-0.15, -0.1) is 0 Å². The molecule has 1 atom stereocenters. The van der Waals surface area contributed by atoms with Crippen LogP contribution in [0.5, 0.6) is 0 Å². The zero-order valence-electron chi connectivity index (χ0n) is 22.3. The first-order valence-corrected chi connectivity index (χ1v) is 13.4. The minimum Gasteiger partial charge on any atom is -0.360 e. The van der Waals surface area contributed by atoms with Crippen LogP contribution >= 0.6 is 0 Å². The van der Waals surface area contributed by atoms with E-state index in [9.17, 15) is 13.2 Å². The molecule has 1 aromatic heterocycles. The predicted octanol–water partition coefficient (Wildman–Crippen LogP) is 5.86. The third kappa shape index (κ3) is 6.24. The summed E-state index contributed by atoms with van der Waals surface area (Å²) in [6.07, 6.45) is -0.969. The van der Waals surface area contributed by atoms with Crippen molar-refractivity contribution in [1.29, 1.82) is 10.7 Å². The summed E-state index contributed by atoms with van der Waals surface area (Å²) in [6, 6.07) is 20.5. The van der Waals surface area contributed by atoms with Gasteiger partial charge in [0.1, 0.15) is 17.7 Å².